The van der Waals surface area contributed by atoms with Crippen molar-refractivity contribution in [2.45, 2.75) is 149 Å². The molecule has 12 nitrogen and oxygen atoms in total. The smallest absolute Gasteiger partial charge is 0.315 e. The first-order chi connectivity index (χ1) is 23.0. The van der Waals surface area contributed by atoms with Crippen molar-refractivity contribution in [1.82, 2.24) is 26.2 Å². The summed E-state index contributed by atoms with van der Waals surface area (Å²) < 4.78 is 25.7. The maximum atomic E-state index is 14.7. The van der Waals surface area contributed by atoms with E-state index in [9.17, 15) is 32.4 Å². The molecule has 1 unspecified atom stereocenters. The van der Waals surface area contributed by atoms with Gasteiger partial charge in [0.25, 0.3) is 5.91 Å². The molecule has 4 N–H and O–H groups in total. The predicted molar refractivity (Wildman–Crippen MR) is 195 cm³/mol. The third-order valence-corrected chi connectivity index (χ3v) is 13.9. The van der Waals surface area contributed by atoms with Gasteiger partial charge in [-0.25, -0.2) is 13.2 Å². The number of sulfone groups is 1. The number of carbonyl (C=O) groups excluding carboxylic acids is 5. The third-order valence-electron chi connectivity index (χ3n) is 11.1. The number of hydrogen-bond acceptors (Lipinski definition) is 7. The van der Waals surface area contributed by atoms with Gasteiger partial charge in [-0.2, -0.15) is 0 Å². The number of rotatable bonds is 13. The van der Waals surface area contributed by atoms with Crippen molar-refractivity contribution in [3.8, 4) is 0 Å². The maximum Gasteiger partial charge on any atom is 0.315 e. The molecule has 50 heavy (non-hydrogen) atoms. The van der Waals surface area contributed by atoms with Crippen molar-refractivity contribution in [3.05, 3.63) is 12.7 Å². The fraction of sp³-hybridized carbons (Fsp3) is 0.811. The monoisotopic (exact) mass is 721 g/mol. The van der Waals surface area contributed by atoms with Crippen molar-refractivity contribution >= 4 is 39.4 Å². The number of Topliss-reactive ketones (excluding diaryl/α,β-unsaturated/α-hetero) is 1. The minimum absolute atomic E-state index is 0.0148. The molecule has 1 saturated heterocycles. The van der Waals surface area contributed by atoms with Crippen molar-refractivity contribution < 1.29 is 32.4 Å². The van der Waals surface area contributed by atoms with Crippen LogP contribution in [0.1, 0.15) is 120 Å². The fourth-order valence-corrected chi connectivity index (χ4v) is 9.47. The first-order valence-electron chi connectivity index (χ1n) is 18.3. The van der Waals surface area contributed by atoms with Crippen LogP contribution in [-0.2, 0) is 29.0 Å². The van der Waals surface area contributed by atoms with E-state index in [0.717, 1.165) is 25.7 Å². The fourth-order valence-electron chi connectivity index (χ4n) is 7.95. The summed E-state index contributed by atoms with van der Waals surface area (Å²) in [5.41, 5.74) is -1.88. The molecule has 3 rings (SSSR count). The van der Waals surface area contributed by atoms with Gasteiger partial charge in [-0.3, -0.25) is 19.2 Å². The summed E-state index contributed by atoms with van der Waals surface area (Å²) in [6, 6.07) is -3.61. The Morgan fingerprint density at radius 3 is 2.12 bits per heavy atom. The van der Waals surface area contributed by atoms with Gasteiger partial charge in [0, 0.05) is 13.1 Å². The zero-order valence-corrected chi connectivity index (χ0v) is 32.7. The Balaban J connectivity index is 1.92. The Kier molecular flexibility index (Phi) is 13.0. The second-order valence-corrected chi connectivity index (χ2v) is 20.3. The minimum Gasteiger partial charge on any atom is -0.346 e. The molecule has 0 aromatic carbocycles. The Bertz CT molecular complexity index is 1410. The lowest BCUT2D eigenvalue weighted by atomic mass is 9.79. The van der Waals surface area contributed by atoms with Crippen LogP contribution in [0.4, 0.5) is 4.79 Å². The molecule has 3 aliphatic rings. The lowest BCUT2D eigenvalue weighted by Crippen LogP contribution is -2.64. The normalized spacial score (nSPS) is 24.3. The molecule has 2 saturated carbocycles. The SMILES string of the molecule is C=CCNC(=O)C(=O)C(CCC)NC(=O)[C@@H]1[C@H]2CCC(C)(C)[C@H]2CN1C(=O)[C@@H](NC(=O)NC1(CS(=O)(=O)C(C)(C)C)CCCCC1)C(C)(C)C. The minimum atomic E-state index is -3.57. The topological polar surface area (TPSA) is 171 Å². The van der Waals surface area contributed by atoms with E-state index in [1.54, 1.807) is 25.7 Å². The lowest BCUT2D eigenvalue weighted by molar-refractivity contribution is -0.144. The highest BCUT2D eigenvalue weighted by Crippen LogP contribution is 2.53. The van der Waals surface area contributed by atoms with E-state index in [4.69, 9.17) is 0 Å². The Morgan fingerprint density at radius 2 is 1.58 bits per heavy atom. The Morgan fingerprint density at radius 1 is 0.960 bits per heavy atom. The highest BCUT2D eigenvalue weighted by atomic mass is 32.2. The second-order valence-electron chi connectivity index (χ2n) is 17.6. The van der Waals surface area contributed by atoms with Crippen molar-refractivity contribution in [2.75, 3.05) is 18.8 Å². The number of urea groups is 1. The third kappa shape index (κ3) is 9.47. The number of carbonyl (C=O) groups is 5. The van der Waals surface area contributed by atoms with Crippen LogP contribution in [0.2, 0.25) is 0 Å². The van der Waals surface area contributed by atoms with E-state index in [-0.39, 0.29) is 36.0 Å². The van der Waals surface area contributed by atoms with Crippen LogP contribution in [0.25, 0.3) is 0 Å². The van der Waals surface area contributed by atoms with E-state index in [1.165, 1.54) is 6.08 Å². The first-order valence-corrected chi connectivity index (χ1v) is 20.0. The molecular formula is C37H63N5O7S. The largest absolute Gasteiger partial charge is 0.346 e. The molecule has 13 heteroatoms. The predicted octanol–water partition coefficient (Wildman–Crippen LogP) is 4.04. The molecule has 0 aromatic heterocycles. The summed E-state index contributed by atoms with van der Waals surface area (Å²) in [6.07, 6.45) is 7.39. The van der Waals surface area contributed by atoms with E-state index < -0.39 is 73.2 Å². The van der Waals surface area contributed by atoms with Crippen LogP contribution < -0.4 is 21.3 Å². The number of ketones is 1. The molecule has 284 valence electrons. The van der Waals surface area contributed by atoms with Crippen LogP contribution in [0.5, 0.6) is 0 Å². The zero-order chi connectivity index (χ0) is 37.9. The number of likely N-dealkylation sites (tertiary alicyclic amines) is 1. The van der Waals surface area contributed by atoms with Gasteiger partial charge in [0.1, 0.15) is 12.1 Å². The first kappa shape index (κ1) is 41.5. The number of amides is 5. The molecule has 0 radical (unpaired) electrons. The Hall–Kier alpha value is -2.96. The molecule has 0 aromatic rings. The average molecular weight is 722 g/mol. The Labute approximate surface area is 300 Å². The van der Waals surface area contributed by atoms with Crippen LogP contribution in [0.15, 0.2) is 12.7 Å². The van der Waals surface area contributed by atoms with Crippen LogP contribution in [-0.4, -0.2) is 90.1 Å². The molecule has 2 aliphatic carbocycles. The van der Waals surface area contributed by atoms with Crippen LogP contribution in [0, 0.1) is 22.7 Å². The molecule has 0 bridgehead atoms. The van der Waals surface area contributed by atoms with Gasteiger partial charge < -0.3 is 26.2 Å². The van der Waals surface area contributed by atoms with Crippen LogP contribution >= 0.6 is 0 Å². The standard InChI is InChI=1S/C37H63N5O7S/c1-11-16-26(28(43)31(45)38-21-12-2)39-30(44)27-24-17-20-36(9,10)25(24)22-42(27)32(46)29(34(3,4)5)40-33(47)41-37(18-14-13-15-19-37)23-50(48,49)35(6,7)8/h12,24-27,29H,2,11,13-23H2,1,3-10H3,(H,38,45)(H,39,44)(H2,40,41,47)/t24-,25-,26?,27-,29+/m0/s1. The average Bonchev–Trinajstić information content (AvgIpc) is 3.53. The van der Waals surface area contributed by atoms with Gasteiger partial charge in [0.05, 0.1) is 22.1 Å². The summed E-state index contributed by atoms with van der Waals surface area (Å²) in [4.78, 5) is 69.9. The van der Waals surface area contributed by atoms with Gasteiger partial charge in [0.2, 0.25) is 17.6 Å². The van der Waals surface area contributed by atoms with Crippen molar-refractivity contribution in [2.24, 2.45) is 22.7 Å². The summed E-state index contributed by atoms with van der Waals surface area (Å²) in [5.74, 6) is -2.81. The van der Waals surface area contributed by atoms with E-state index >= 15 is 0 Å². The van der Waals surface area contributed by atoms with E-state index in [2.05, 4.69) is 41.7 Å². The highest BCUT2D eigenvalue weighted by Gasteiger charge is 2.57. The van der Waals surface area contributed by atoms with Gasteiger partial charge in [0.15, 0.2) is 9.84 Å². The van der Waals surface area contributed by atoms with Crippen LogP contribution in [0.3, 0.4) is 0 Å². The van der Waals surface area contributed by atoms with E-state index in [0.29, 0.717) is 32.2 Å². The molecule has 5 atom stereocenters. The molecule has 1 aliphatic heterocycles. The quantitative estimate of drug-likeness (QED) is 0.164. The number of fused-ring (bicyclic) bond motifs is 1. The lowest BCUT2D eigenvalue weighted by Gasteiger charge is -2.41. The van der Waals surface area contributed by atoms with Gasteiger partial charge in [-0.05, 0) is 75.5 Å². The number of hydrogen-bond donors (Lipinski definition) is 4. The molecule has 0 spiro atoms. The molecule has 5 amide bonds. The molecule has 3 fully saturated rings. The highest BCUT2D eigenvalue weighted by molar-refractivity contribution is 7.92. The second kappa shape index (κ2) is 15.7. The summed E-state index contributed by atoms with van der Waals surface area (Å²) >= 11 is 0. The maximum absolute atomic E-state index is 14.7. The molecular weight excluding hydrogens is 659 g/mol. The number of nitrogens with one attached hydrogen (secondary N) is 4. The van der Waals surface area contributed by atoms with Gasteiger partial charge in [-0.1, -0.05) is 73.3 Å². The molecule has 1 heterocycles. The van der Waals surface area contributed by atoms with Crippen molar-refractivity contribution in [1.29, 1.82) is 0 Å². The van der Waals surface area contributed by atoms with Crippen molar-refractivity contribution in [3.63, 3.8) is 0 Å². The van der Waals surface area contributed by atoms with Gasteiger partial charge >= 0.3 is 6.03 Å². The zero-order valence-electron chi connectivity index (χ0n) is 31.9. The number of nitrogens with zero attached hydrogens (tertiary/aromatic N) is 1. The summed E-state index contributed by atoms with van der Waals surface area (Å²) in [5, 5.41) is 11.2. The summed E-state index contributed by atoms with van der Waals surface area (Å²) in [6.45, 7) is 20.6. The summed E-state index contributed by atoms with van der Waals surface area (Å²) in [7, 11) is -3.57. The van der Waals surface area contributed by atoms with E-state index in [1.807, 2.05) is 27.7 Å². The van der Waals surface area contributed by atoms with Gasteiger partial charge in [-0.15, -0.1) is 6.58 Å².